The first kappa shape index (κ1) is 20.6. The largest absolute Gasteiger partial charge is 0.352 e. The molecule has 3 heterocycles. The quantitative estimate of drug-likeness (QED) is 0.517. The molecule has 1 aliphatic rings. The van der Waals surface area contributed by atoms with E-state index >= 15 is 0 Å². The van der Waals surface area contributed by atoms with Gasteiger partial charge in [-0.2, -0.15) is 10.4 Å². The lowest BCUT2D eigenvalue weighted by Crippen LogP contribution is -2.32. The van der Waals surface area contributed by atoms with E-state index in [1.807, 2.05) is 10.8 Å². The summed E-state index contributed by atoms with van der Waals surface area (Å²) in [6, 6.07) is 12.2. The molecule has 0 bridgehead atoms. The standard InChI is InChI=1S/C25H19F2N5O/c1-31-13-18(12-30-31)24-22(15-2-5-19(26)6-3-15)23-21(8-9-29-25(23)33)32(24)14-16-4-7-20(27)10-17(16)11-28/h2-7,10,12-13H,8-9,14H2,1H3,(H,29,33). The predicted molar refractivity (Wildman–Crippen MR) is 118 cm³/mol. The molecule has 0 unspecified atom stereocenters. The predicted octanol–water partition coefficient (Wildman–Crippen LogP) is 4.04. The first-order chi connectivity index (χ1) is 16.0. The van der Waals surface area contributed by atoms with Gasteiger partial charge < -0.3 is 9.88 Å². The maximum Gasteiger partial charge on any atom is 0.253 e. The van der Waals surface area contributed by atoms with Crippen molar-refractivity contribution in [3.63, 3.8) is 0 Å². The van der Waals surface area contributed by atoms with Crippen LogP contribution < -0.4 is 5.32 Å². The van der Waals surface area contributed by atoms with Crippen molar-refractivity contribution in [2.45, 2.75) is 13.0 Å². The highest BCUT2D eigenvalue weighted by atomic mass is 19.1. The molecule has 1 aliphatic heterocycles. The number of hydrogen-bond acceptors (Lipinski definition) is 3. The molecule has 8 heteroatoms. The number of hydrogen-bond donors (Lipinski definition) is 1. The average Bonchev–Trinajstić information content (AvgIpc) is 3.37. The second kappa shape index (κ2) is 8.02. The van der Waals surface area contributed by atoms with Crippen LogP contribution in [-0.2, 0) is 20.0 Å². The van der Waals surface area contributed by atoms with Crippen LogP contribution in [0.15, 0.2) is 54.9 Å². The average molecular weight is 443 g/mol. The molecule has 2 aromatic heterocycles. The molecule has 33 heavy (non-hydrogen) atoms. The van der Waals surface area contributed by atoms with Crippen molar-refractivity contribution in [1.29, 1.82) is 5.26 Å². The minimum Gasteiger partial charge on any atom is -0.352 e. The Morgan fingerprint density at radius 3 is 2.55 bits per heavy atom. The third kappa shape index (κ3) is 3.57. The maximum absolute atomic E-state index is 13.8. The smallest absolute Gasteiger partial charge is 0.253 e. The van der Waals surface area contributed by atoms with Crippen molar-refractivity contribution in [2.24, 2.45) is 7.05 Å². The number of carbonyl (C=O) groups excluding carboxylic acids is 1. The topological polar surface area (TPSA) is 75.6 Å². The Morgan fingerprint density at radius 1 is 1.09 bits per heavy atom. The van der Waals surface area contributed by atoms with Gasteiger partial charge in [0, 0.05) is 49.6 Å². The van der Waals surface area contributed by atoms with E-state index in [1.165, 1.54) is 24.3 Å². The highest BCUT2D eigenvalue weighted by Gasteiger charge is 2.31. The number of halogens is 2. The number of amides is 1. The zero-order valence-corrected chi connectivity index (χ0v) is 17.8. The molecule has 0 atom stereocenters. The van der Waals surface area contributed by atoms with Gasteiger partial charge in [-0.1, -0.05) is 18.2 Å². The monoisotopic (exact) mass is 443 g/mol. The molecule has 164 valence electrons. The number of aryl methyl sites for hydroxylation is 1. The van der Waals surface area contributed by atoms with E-state index in [4.69, 9.17) is 0 Å². The minimum absolute atomic E-state index is 0.209. The summed E-state index contributed by atoms with van der Waals surface area (Å²) >= 11 is 0. The Balaban J connectivity index is 1.82. The zero-order valence-electron chi connectivity index (χ0n) is 17.8. The highest BCUT2D eigenvalue weighted by molar-refractivity contribution is 6.07. The van der Waals surface area contributed by atoms with Crippen LogP contribution in [0, 0.1) is 23.0 Å². The molecule has 4 aromatic rings. The molecule has 1 N–H and O–H groups in total. The first-order valence-corrected chi connectivity index (χ1v) is 10.4. The van der Waals surface area contributed by atoms with E-state index in [-0.39, 0.29) is 23.8 Å². The second-order valence-corrected chi connectivity index (χ2v) is 7.96. The van der Waals surface area contributed by atoms with E-state index in [1.54, 1.807) is 36.1 Å². The van der Waals surface area contributed by atoms with E-state index in [9.17, 15) is 18.8 Å². The highest BCUT2D eigenvalue weighted by Crippen LogP contribution is 2.41. The first-order valence-electron chi connectivity index (χ1n) is 10.4. The number of fused-ring (bicyclic) bond motifs is 1. The number of nitrogens with zero attached hydrogens (tertiary/aromatic N) is 4. The number of benzene rings is 2. The Morgan fingerprint density at radius 2 is 1.85 bits per heavy atom. The van der Waals surface area contributed by atoms with Gasteiger partial charge in [0.25, 0.3) is 5.91 Å². The maximum atomic E-state index is 13.8. The Bertz CT molecular complexity index is 1430. The van der Waals surface area contributed by atoms with Crippen LogP contribution in [0.2, 0.25) is 0 Å². The van der Waals surface area contributed by atoms with Gasteiger partial charge >= 0.3 is 0 Å². The molecule has 5 rings (SSSR count). The molecule has 1 amide bonds. The van der Waals surface area contributed by atoms with Crippen LogP contribution in [0.1, 0.15) is 27.2 Å². The van der Waals surface area contributed by atoms with Gasteiger partial charge in [-0.25, -0.2) is 8.78 Å². The van der Waals surface area contributed by atoms with Crippen LogP contribution in [0.3, 0.4) is 0 Å². The summed E-state index contributed by atoms with van der Waals surface area (Å²) in [5.74, 6) is -1.06. The van der Waals surface area contributed by atoms with Crippen molar-refractivity contribution in [2.75, 3.05) is 6.54 Å². The van der Waals surface area contributed by atoms with Crippen molar-refractivity contribution in [3.8, 4) is 28.5 Å². The molecule has 0 saturated carbocycles. The van der Waals surface area contributed by atoms with Gasteiger partial charge in [-0.3, -0.25) is 9.48 Å². The number of rotatable bonds is 4. The summed E-state index contributed by atoms with van der Waals surface area (Å²) < 4.78 is 31.1. The lowest BCUT2D eigenvalue weighted by Gasteiger charge is -2.18. The van der Waals surface area contributed by atoms with Crippen molar-refractivity contribution in [1.82, 2.24) is 19.7 Å². The fraction of sp³-hybridized carbons (Fsp3) is 0.160. The van der Waals surface area contributed by atoms with Crippen LogP contribution in [0.5, 0.6) is 0 Å². The Hall–Kier alpha value is -4.25. The summed E-state index contributed by atoms with van der Waals surface area (Å²) in [7, 11) is 1.80. The van der Waals surface area contributed by atoms with Gasteiger partial charge in [-0.15, -0.1) is 0 Å². The third-order valence-electron chi connectivity index (χ3n) is 5.88. The molecule has 2 aromatic carbocycles. The molecule has 0 aliphatic carbocycles. The fourth-order valence-corrected chi connectivity index (χ4v) is 4.43. The molecule has 6 nitrogen and oxygen atoms in total. The molecular weight excluding hydrogens is 424 g/mol. The second-order valence-electron chi connectivity index (χ2n) is 7.96. The van der Waals surface area contributed by atoms with Gasteiger partial charge in [0.2, 0.25) is 0 Å². The van der Waals surface area contributed by atoms with E-state index in [2.05, 4.69) is 16.5 Å². The Labute approximate surface area is 188 Å². The minimum atomic E-state index is -0.483. The summed E-state index contributed by atoms with van der Waals surface area (Å²) in [5.41, 5.74) is 5.09. The SMILES string of the molecule is Cn1cc(-c2c(-c3ccc(F)cc3)c3c(n2Cc2ccc(F)cc2C#N)CCNC3=O)cn1. The molecule has 0 radical (unpaired) electrons. The molecule has 0 saturated heterocycles. The zero-order chi connectivity index (χ0) is 23.1. The van der Waals surface area contributed by atoms with Crippen LogP contribution >= 0.6 is 0 Å². The summed E-state index contributed by atoms with van der Waals surface area (Å²) in [4.78, 5) is 13.0. The Kier molecular flexibility index (Phi) is 5.02. The lowest BCUT2D eigenvalue weighted by atomic mass is 9.95. The number of nitrogens with one attached hydrogen (secondary N) is 1. The van der Waals surface area contributed by atoms with Crippen LogP contribution in [0.4, 0.5) is 8.78 Å². The van der Waals surface area contributed by atoms with E-state index in [0.717, 1.165) is 17.0 Å². The number of nitriles is 1. The van der Waals surface area contributed by atoms with Gasteiger partial charge in [-0.05, 0) is 35.4 Å². The van der Waals surface area contributed by atoms with E-state index in [0.29, 0.717) is 35.2 Å². The van der Waals surface area contributed by atoms with Crippen molar-refractivity contribution >= 4 is 5.91 Å². The van der Waals surface area contributed by atoms with Gasteiger partial charge in [0.1, 0.15) is 11.6 Å². The molecule has 0 spiro atoms. The van der Waals surface area contributed by atoms with Gasteiger partial charge in [0.05, 0.1) is 29.1 Å². The number of carbonyl (C=O) groups is 1. The van der Waals surface area contributed by atoms with Crippen LogP contribution in [-0.4, -0.2) is 26.8 Å². The summed E-state index contributed by atoms with van der Waals surface area (Å²) in [6.45, 7) is 0.740. The van der Waals surface area contributed by atoms with Crippen molar-refractivity contribution < 1.29 is 13.6 Å². The third-order valence-corrected chi connectivity index (χ3v) is 5.88. The van der Waals surface area contributed by atoms with E-state index < -0.39 is 5.82 Å². The normalized spacial score (nSPS) is 12.8. The fourth-order valence-electron chi connectivity index (χ4n) is 4.43. The van der Waals surface area contributed by atoms with Crippen LogP contribution in [0.25, 0.3) is 22.4 Å². The number of aromatic nitrogens is 3. The van der Waals surface area contributed by atoms with Gasteiger partial charge in [0.15, 0.2) is 0 Å². The summed E-state index contributed by atoms with van der Waals surface area (Å²) in [5, 5.41) is 16.8. The molecular formula is C25H19F2N5O. The summed E-state index contributed by atoms with van der Waals surface area (Å²) in [6.07, 6.45) is 4.13. The lowest BCUT2D eigenvalue weighted by molar-refractivity contribution is 0.0946. The van der Waals surface area contributed by atoms with Crippen molar-refractivity contribution in [3.05, 3.63) is 88.9 Å². The molecule has 0 fully saturated rings.